The van der Waals surface area contributed by atoms with E-state index in [9.17, 15) is 9.59 Å². The van der Waals surface area contributed by atoms with Gasteiger partial charge in [0.25, 0.3) is 5.91 Å². The molecule has 1 unspecified atom stereocenters. The molecule has 5 heteroatoms. The predicted octanol–water partition coefficient (Wildman–Crippen LogP) is 1.22. The van der Waals surface area contributed by atoms with Gasteiger partial charge in [-0.3, -0.25) is 9.59 Å². The van der Waals surface area contributed by atoms with E-state index in [1.807, 2.05) is 32.9 Å². The molecule has 1 aromatic rings. The highest BCUT2D eigenvalue weighted by Gasteiger charge is 2.28. The highest BCUT2D eigenvalue weighted by atomic mass is 16.2. The molecule has 5 nitrogen and oxygen atoms in total. The number of carbonyl (C=O) groups is 2. The molecule has 4 N–H and O–H groups in total. The molecule has 1 atom stereocenters. The summed E-state index contributed by atoms with van der Waals surface area (Å²) in [5, 5.41) is 5.58. The minimum atomic E-state index is -0.541. The van der Waals surface area contributed by atoms with Crippen molar-refractivity contribution in [3.63, 3.8) is 0 Å². The van der Waals surface area contributed by atoms with Crippen LogP contribution >= 0.6 is 0 Å². The van der Waals surface area contributed by atoms with E-state index >= 15 is 0 Å². The molecular weight excluding hydrogens is 266 g/mol. The number of nitrogens with one attached hydrogen (secondary N) is 2. The first-order valence-corrected chi connectivity index (χ1v) is 7.26. The van der Waals surface area contributed by atoms with E-state index in [0.29, 0.717) is 31.6 Å². The van der Waals surface area contributed by atoms with Crippen molar-refractivity contribution >= 4 is 11.8 Å². The quantitative estimate of drug-likeness (QED) is 0.660. The molecule has 0 saturated heterocycles. The van der Waals surface area contributed by atoms with Crippen LogP contribution < -0.4 is 16.4 Å². The number of hydrogen-bond donors (Lipinski definition) is 3. The lowest BCUT2D eigenvalue weighted by Gasteiger charge is -2.24. The minimum absolute atomic E-state index is 0.0721. The minimum Gasteiger partial charge on any atom is -0.354 e. The van der Waals surface area contributed by atoms with E-state index in [1.54, 1.807) is 12.1 Å². The Bertz CT molecular complexity index is 479. The van der Waals surface area contributed by atoms with Crippen LogP contribution in [0, 0.1) is 12.3 Å². The van der Waals surface area contributed by atoms with Gasteiger partial charge in [-0.05, 0) is 32.4 Å². The Morgan fingerprint density at radius 3 is 2.24 bits per heavy atom. The summed E-state index contributed by atoms with van der Waals surface area (Å²) in [6.45, 7) is 6.85. The van der Waals surface area contributed by atoms with Gasteiger partial charge in [0.05, 0.1) is 5.41 Å². The molecule has 1 aromatic carbocycles. The summed E-state index contributed by atoms with van der Waals surface area (Å²) in [5.41, 5.74) is 6.82. The molecule has 2 amide bonds. The average molecular weight is 291 g/mol. The van der Waals surface area contributed by atoms with Crippen molar-refractivity contribution in [1.82, 2.24) is 10.6 Å². The van der Waals surface area contributed by atoms with Gasteiger partial charge in [-0.15, -0.1) is 0 Å². The highest BCUT2D eigenvalue weighted by Crippen LogP contribution is 2.18. The molecule has 0 fully saturated rings. The molecule has 1 rings (SSSR count). The van der Waals surface area contributed by atoms with Crippen molar-refractivity contribution in [2.45, 2.75) is 27.2 Å². The van der Waals surface area contributed by atoms with Crippen molar-refractivity contribution in [3.05, 3.63) is 35.4 Å². The number of amides is 2. The normalized spacial score (nSPS) is 13.3. The second kappa shape index (κ2) is 7.78. The zero-order valence-corrected chi connectivity index (χ0v) is 13.0. The van der Waals surface area contributed by atoms with Crippen LogP contribution in [-0.2, 0) is 4.79 Å². The van der Waals surface area contributed by atoms with Gasteiger partial charge >= 0.3 is 0 Å². The van der Waals surface area contributed by atoms with Crippen molar-refractivity contribution in [2.75, 3.05) is 19.6 Å². The van der Waals surface area contributed by atoms with E-state index < -0.39 is 5.41 Å². The molecule has 0 heterocycles. The molecule has 0 saturated carbocycles. The lowest BCUT2D eigenvalue weighted by atomic mass is 9.87. The summed E-state index contributed by atoms with van der Waals surface area (Å²) in [7, 11) is 0. The monoisotopic (exact) mass is 291 g/mol. The molecule has 0 aliphatic carbocycles. The average Bonchev–Trinajstić information content (AvgIpc) is 2.50. The van der Waals surface area contributed by atoms with Crippen LogP contribution in [0.25, 0.3) is 0 Å². The first-order chi connectivity index (χ1) is 9.92. The van der Waals surface area contributed by atoms with Gasteiger partial charge in [0.15, 0.2) is 0 Å². The number of carbonyl (C=O) groups excluding carboxylic acids is 2. The molecule has 0 aliphatic heterocycles. The summed E-state index contributed by atoms with van der Waals surface area (Å²) >= 11 is 0. The van der Waals surface area contributed by atoms with Gasteiger partial charge in [-0.1, -0.05) is 24.6 Å². The SMILES string of the molecule is CCC(C)(CN)C(=O)NCCNC(=O)c1ccc(C)cc1. The molecule has 21 heavy (non-hydrogen) atoms. The van der Waals surface area contributed by atoms with Crippen LogP contribution in [0.3, 0.4) is 0 Å². The second-order valence-corrected chi connectivity index (χ2v) is 5.50. The number of rotatable bonds is 7. The number of hydrogen-bond acceptors (Lipinski definition) is 3. The molecule has 0 radical (unpaired) electrons. The molecule has 0 aliphatic rings. The Morgan fingerprint density at radius 1 is 1.14 bits per heavy atom. The molecular formula is C16H25N3O2. The summed E-state index contributed by atoms with van der Waals surface area (Å²) in [5.74, 6) is -0.210. The lowest BCUT2D eigenvalue weighted by molar-refractivity contribution is -0.129. The third kappa shape index (κ3) is 4.86. The maximum absolute atomic E-state index is 12.0. The number of nitrogens with two attached hydrogens (primary N) is 1. The molecule has 0 spiro atoms. The van der Waals surface area contributed by atoms with E-state index in [2.05, 4.69) is 10.6 Å². The molecule has 0 aromatic heterocycles. The van der Waals surface area contributed by atoms with Crippen molar-refractivity contribution in [1.29, 1.82) is 0 Å². The Kier molecular flexibility index (Phi) is 6.37. The standard InChI is InChI=1S/C16H25N3O2/c1-4-16(3,11-17)15(21)19-10-9-18-14(20)13-7-5-12(2)6-8-13/h5-8H,4,9-11,17H2,1-3H3,(H,18,20)(H,19,21). The third-order valence-electron chi connectivity index (χ3n) is 3.79. The first kappa shape index (κ1) is 17.2. The molecule has 0 bridgehead atoms. The summed E-state index contributed by atoms with van der Waals surface area (Å²) in [6, 6.07) is 7.35. The second-order valence-electron chi connectivity index (χ2n) is 5.50. The Labute approximate surface area is 126 Å². The van der Waals surface area contributed by atoms with Gasteiger partial charge in [-0.2, -0.15) is 0 Å². The largest absolute Gasteiger partial charge is 0.354 e. The van der Waals surface area contributed by atoms with Gasteiger partial charge in [0.2, 0.25) is 5.91 Å². The summed E-state index contributed by atoms with van der Waals surface area (Å²) < 4.78 is 0. The maximum atomic E-state index is 12.0. The van der Waals surface area contributed by atoms with Gasteiger partial charge in [-0.25, -0.2) is 0 Å². The van der Waals surface area contributed by atoms with Gasteiger partial charge < -0.3 is 16.4 Å². The van der Waals surface area contributed by atoms with Crippen molar-refractivity contribution < 1.29 is 9.59 Å². The number of benzene rings is 1. The van der Waals surface area contributed by atoms with Crippen LogP contribution in [0.1, 0.15) is 36.2 Å². The fourth-order valence-corrected chi connectivity index (χ4v) is 1.77. The van der Waals surface area contributed by atoms with E-state index in [0.717, 1.165) is 5.56 Å². The first-order valence-electron chi connectivity index (χ1n) is 7.26. The predicted molar refractivity (Wildman–Crippen MR) is 84.0 cm³/mol. The van der Waals surface area contributed by atoms with Crippen LogP contribution in [0.15, 0.2) is 24.3 Å². The van der Waals surface area contributed by atoms with Crippen LogP contribution in [0.4, 0.5) is 0 Å². The summed E-state index contributed by atoms with van der Waals surface area (Å²) in [4.78, 5) is 23.8. The van der Waals surface area contributed by atoms with E-state index in [1.165, 1.54) is 0 Å². The third-order valence-corrected chi connectivity index (χ3v) is 3.79. The fourth-order valence-electron chi connectivity index (χ4n) is 1.77. The summed E-state index contributed by atoms with van der Waals surface area (Å²) in [6.07, 6.45) is 0.686. The topological polar surface area (TPSA) is 84.2 Å². The van der Waals surface area contributed by atoms with E-state index in [4.69, 9.17) is 5.73 Å². The zero-order valence-electron chi connectivity index (χ0n) is 13.0. The fraction of sp³-hybridized carbons (Fsp3) is 0.500. The zero-order chi connectivity index (χ0) is 15.9. The Morgan fingerprint density at radius 2 is 1.71 bits per heavy atom. The van der Waals surface area contributed by atoms with Crippen LogP contribution in [0.5, 0.6) is 0 Å². The van der Waals surface area contributed by atoms with Crippen LogP contribution in [-0.4, -0.2) is 31.4 Å². The molecule has 116 valence electrons. The lowest BCUT2D eigenvalue weighted by Crippen LogP contribution is -2.45. The van der Waals surface area contributed by atoms with Crippen molar-refractivity contribution in [2.24, 2.45) is 11.1 Å². The Balaban J connectivity index is 2.36. The smallest absolute Gasteiger partial charge is 0.251 e. The highest BCUT2D eigenvalue weighted by molar-refractivity contribution is 5.94. The number of aryl methyl sites for hydroxylation is 1. The Hall–Kier alpha value is -1.88. The van der Waals surface area contributed by atoms with E-state index in [-0.39, 0.29) is 11.8 Å². The maximum Gasteiger partial charge on any atom is 0.251 e. The van der Waals surface area contributed by atoms with Gasteiger partial charge in [0, 0.05) is 25.2 Å². The van der Waals surface area contributed by atoms with Crippen LogP contribution in [0.2, 0.25) is 0 Å². The van der Waals surface area contributed by atoms with Gasteiger partial charge in [0.1, 0.15) is 0 Å². The van der Waals surface area contributed by atoms with Crippen molar-refractivity contribution in [3.8, 4) is 0 Å².